The Balaban J connectivity index is 2.10. The van der Waals surface area contributed by atoms with Crippen LogP contribution in [-0.4, -0.2) is 45.7 Å². The van der Waals surface area contributed by atoms with Crippen molar-refractivity contribution in [3.05, 3.63) is 48.3 Å². The van der Waals surface area contributed by atoms with Crippen molar-refractivity contribution in [1.29, 1.82) is 0 Å². The van der Waals surface area contributed by atoms with Crippen LogP contribution >= 0.6 is 11.6 Å². The number of ether oxygens (including phenoxy) is 1. The molecule has 1 aliphatic rings. The number of hydrogen-bond acceptors (Lipinski definition) is 5. The molecule has 2 aromatic rings. The number of benzene rings is 1. The number of nitrogens with zero attached hydrogens (tertiary/aromatic N) is 3. The summed E-state index contributed by atoms with van der Waals surface area (Å²) in [4.78, 5) is 33.5. The highest BCUT2D eigenvalue weighted by Crippen LogP contribution is 2.36. The lowest BCUT2D eigenvalue weighted by Crippen LogP contribution is -2.49. The van der Waals surface area contributed by atoms with Gasteiger partial charge >= 0.3 is 6.36 Å². The van der Waals surface area contributed by atoms with E-state index in [-0.39, 0.29) is 23.8 Å². The van der Waals surface area contributed by atoms with Crippen molar-refractivity contribution in [2.24, 2.45) is 0 Å². The summed E-state index contributed by atoms with van der Waals surface area (Å²) in [5.74, 6) is -8.81. The molecular formula is C21H18ClF7N4O3. The first kappa shape index (κ1) is 25.9. The van der Waals surface area contributed by atoms with E-state index < -0.39 is 77.4 Å². The first-order valence-electron chi connectivity index (χ1n) is 10.8. The van der Waals surface area contributed by atoms with Gasteiger partial charge in [0, 0.05) is 42.9 Å². The summed E-state index contributed by atoms with van der Waals surface area (Å²) < 4.78 is 106. The van der Waals surface area contributed by atoms with Crippen LogP contribution in [0.5, 0.6) is 5.75 Å². The molecule has 36 heavy (non-hydrogen) atoms. The van der Waals surface area contributed by atoms with Crippen LogP contribution in [0.25, 0.3) is 0 Å². The van der Waals surface area contributed by atoms with Gasteiger partial charge in [-0.3, -0.25) is 14.5 Å². The molecule has 0 aliphatic heterocycles. The Kier molecular flexibility index (Phi) is 7.81. The molecule has 1 aromatic heterocycles. The fourth-order valence-corrected chi connectivity index (χ4v) is 3.63. The predicted molar refractivity (Wildman–Crippen MR) is 111 cm³/mol. The second-order valence-corrected chi connectivity index (χ2v) is 8.10. The highest BCUT2D eigenvalue weighted by atomic mass is 35.5. The molecule has 1 fully saturated rings. The second kappa shape index (κ2) is 10.8. The van der Waals surface area contributed by atoms with E-state index >= 15 is 4.39 Å². The van der Waals surface area contributed by atoms with Gasteiger partial charge in [-0.25, -0.2) is 27.5 Å². The van der Waals surface area contributed by atoms with E-state index in [4.69, 9.17) is 13.0 Å². The monoisotopic (exact) mass is 543 g/mol. The molecule has 2 atom stereocenters. The van der Waals surface area contributed by atoms with Crippen LogP contribution in [0, 0.1) is 5.82 Å². The molecule has 3 rings (SSSR count). The van der Waals surface area contributed by atoms with Gasteiger partial charge in [-0.2, -0.15) is 0 Å². The molecule has 0 saturated heterocycles. The van der Waals surface area contributed by atoms with E-state index in [1.54, 1.807) is 0 Å². The Morgan fingerprint density at radius 1 is 1.22 bits per heavy atom. The Morgan fingerprint density at radius 2 is 1.83 bits per heavy atom. The van der Waals surface area contributed by atoms with Crippen molar-refractivity contribution in [2.75, 3.05) is 4.90 Å². The van der Waals surface area contributed by atoms with Gasteiger partial charge in [0.1, 0.15) is 18.1 Å². The molecule has 196 valence electrons. The quantitative estimate of drug-likeness (QED) is 0.400. The van der Waals surface area contributed by atoms with Gasteiger partial charge in [-0.15, -0.1) is 13.2 Å². The molecule has 0 spiro atoms. The largest absolute Gasteiger partial charge is 0.573 e. The van der Waals surface area contributed by atoms with E-state index in [9.17, 15) is 35.9 Å². The van der Waals surface area contributed by atoms with Crippen molar-refractivity contribution >= 4 is 29.1 Å². The molecule has 2 amide bonds. The van der Waals surface area contributed by atoms with Crippen molar-refractivity contribution < 1.29 is 46.4 Å². The van der Waals surface area contributed by atoms with Crippen molar-refractivity contribution in [3.8, 4) is 5.75 Å². The van der Waals surface area contributed by atoms with Gasteiger partial charge < -0.3 is 10.1 Å². The SMILES string of the molecule is [2H][C@@](C(=O)NC1CCC(F)(F)CC1)(c1cncnc1)N(C(=O)[C@H](F)Cl)c1ccc(OC(F)(F)F)cc1F. The van der Waals surface area contributed by atoms with E-state index in [0.29, 0.717) is 12.1 Å². The predicted octanol–water partition coefficient (Wildman–Crippen LogP) is 4.82. The van der Waals surface area contributed by atoms with Crippen LogP contribution in [0.1, 0.15) is 38.6 Å². The molecule has 1 saturated carbocycles. The normalized spacial score (nSPS) is 18.9. The summed E-state index contributed by atoms with van der Waals surface area (Å²) in [5.41, 5.74) is -4.43. The Morgan fingerprint density at radius 3 is 2.36 bits per heavy atom. The van der Waals surface area contributed by atoms with E-state index in [2.05, 4.69) is 20.0 Å². The highest BCUT2D eigenvalue weighted by Gasteiger charge is 2.41. The number of alkyl halides is 7. The highest BCUT2D eigenvalue weighted by molar-refractivity contribution is 6.32. The first-order valence-corrected chi connectivity index (χ1v) is 10.7. The average molecular weight is 544 g/mol. The summed E-state index contributed by atoms with van der Waals surface area (Å²) in [7, 11) is 0. The van der Waals surface area contributed by atoms with Crippen LogP contribution in [0.15, 0.2) is 36.9 Å². The molecule has 1 heterocycles. The van der Waals surface area contributed by atoms with Gasteiger partial charge in [-0.1, -0.05) is 11.6 Å². The minimum absolute atomic E-state index is 0.0111. The number of carbonyl (C=O) groups excluding carboxylic acids is 2. The Bertz CT molecular complexity index is 1130. The number of anilines is 1. The third-order valence-corrected chi connectivity index (χ3v) is 5.31. The van der Waals surface area contributed by atoms with E-state index in [1.165, 1.54) is 0 Å². The van der Waals surface area contributed by atoms with Gasteiger partial charge in [0.25, 0.3) is 11.5 Å². The maximum atomic E-state index is 15.0. The summed E-state index contributed by atoms with van der Waals surface area (Å²) in [5, 5.41) is 2.33. The van der Waals surface area contributed by atoms with Crippen molar-refractivity contribution in [2.45, 2.75) is 55.7 Å². The zero-order valence-electron chi connectivity index (χ0n) is 19.0. The van der Waals surface area contributed by atoms with Crippen LogP contribution in [0.3, 0.4) is 0 Å². The number of aromatic nitrogens is 2. The van der Waals surface area contributed by atoms with Crippen LogP contribution in [0.4, 0.5) is 36.4 Å². The smallest absolute Gasteiger partial charge is 0.406 e. The number of halogens is 8. The fourth-order valence-electron chi connectivity index (χ4n) is 3.53. The second-order valence-electron chi connectivity index (χ2n) is 7.71. The van der Waals surface area contributed by atoms with Crippen molar-refractivity contribution in [1.82, 2.24) is 15.3 Å². The third kappa shape index (κ3) is 6.95. The summed E-state index contributed by atoms with van der Waals surface area (Å²) in [6.45, 7) is 0. The number of carbonyl (C=O) groups is 2. The minimum Gasteiger partial charge on any atom is -0.406 e. The summed E-state index contributed by atoms with van der Waals surface area (Å²) >= 11 is 5.28. The van der Waals surface area contributed by atoms with Crippen molar-refractivity contribution in [3.63, 3.8) is 0 Å². The zero-order chi connectivity index (χ0) is 27.6. The molecule has 0 unspecified atom stereocenters. The maximum Gasteiger partial charge on any atom is 0.573 e. The number of nitrogens with one attached hydrogen (secondary N) is 1. The number of rotatable bonds is 7. The molecular weight excluding hydrogens is 525 g/mol. The molecule has 1 N–H and O–H groups in total. The molecule has 0 bridgehead atoms. The van der Waals surface area contributed by atoms with Crippen LogP contribution < -0.4 is 15.0 Å². The molecule has 15 heteroatoms. The topological polar surface area (TPSA) is 84.4 Å². The fraction of sp³-hybridized carbons (Fsp3) is 0.429. The lowest BCUT2D eigenvalue weighted by Gasteiger charge is -2.34. The molecule has 7 nitrogen and oxygen atoms in total. The summed E-state index contributed by atoms with van der Waals surface area (Å²) in [6, 6.07) is -2.65. The third-order valence-electron chi connectivity index (χ3n) is 5.13. The Labute approximate surface area is 206 Å². The maximum absolute atomic E-state index is 15.0. The standard InChI is InChI=1S/C21H18ClF7N4O3/c22-17(24)19(35)33(15-2-1-13(7-14(15)23)36-21(27,28)29)16(11-8-30-10-31-9-11)18(34)32-12-3-5-20(25,26)6-4-12/h1-2,7-10,12,16-17H,3-6H2,(H,32,34)/t16-,17-/m0/s1/i16D. The lowest BCUT2D eigenvalue weighted by molar-refractivity contribution is -0.274. The Hall–Kier alpha value is -3.16. The summed E-state index contributed by atoms with van der Waals surface area (Å²) in [6.07, 6.45) is -4.00. The minimum atomic E-state index is -5.19. The van der Waals surface area contributed by atoms with E-state index in [0.717, 1.165) is 18.7 Å². The van der Waals surface area contributed by atoms with E-state index in [1.807, 2.05) is 0 Å². The van der Waals surface area contributed by atoms with Gasteiger partial charge in [-0.05, 0) is 25.0 Å². The molecule has 0 radical (unpaired) electrons. The first-order chi connectivity index (χ1) is 17.1. The van der Waals surface area contributed by atoms with Gasteiger partial charge in [0.2, 0.25) is 11.8 Å². The van der Waals surface area contributed by atoms with Gasteiger partial charge in [0.05, 0.1) is 7.06 Å². The number of hydrogen-bond donors (Lipinski definition) is 1. The average Bonchev–Trinajstić information content (AvgIpc) is 2.81. The lowest BCUT2D eigenvalue weighted by atomic mass is 9.92. The van der Waals surface area contributed by atoms with Crippen LogP contribution in [0.2, 0.25) is 0 Å². The van der Waals surface area contributed by atoms with Crippen LogP contribution in [-0.2, 0) is 9.59 Å². The number of amides is 2. The zero-order valence-corrected chi connectivity index (χ0v) is 18.8. The van der Waals surface area contributed by atoms with Gasteiger partial charge in [0.15, 0.2) is 5.82 Å². The molecule has 1 aromatic carbocycles. The molecule has 1 aliphatic carbocycles.